The number of aromatic nitrogens is 1. The van der Waals surface area contributed by atoms with Crippen LogP contribution in [-0.4, -0.2) is 59.9 Å². The van der Waals surface area contributed by atoms with Gasteiger partial charge in [-0.3, -0.25) is 9.78 Å². The summed E-state index contributed by atoms with van der Waals surface area (Å²) in [7, 11) is 3.67. The van der Waals surface area contributed by atoms with E-state index in [2.05, 4.69) is 15.2 Å². The zero-order chi connectivity index (χ0) is 26.8. The van der Waals surface area contributed by atoms with Crippen molar-refractivity contribution < 1.29 is 9.59 Å². The fraction of sp³-hybridized carbons (Fsp3) is 0.345. The van der Waals surface area contributed by atoms with Gasteiger partial charge in [0.2, 0.25) is 0 Å². The summed E-state index contributed by atoms with van der Waals surface area (Å²) in [6.45, 7) is 1.80. The number of nitrogens with one attached hydrogen (secondary N) is 1. The highest BCUT2D eigenvalue weighted by Gasteiger charge is 2.31. The van der Waals surface area contributed by atoms with Crippen molar-refractivity contribution in [1.82, 2.24) is 14.8 Å². The minimum absolute atomic E-state index is 0.0126. The van der Waals surface area contributed by atoms with Crippen LogP contribution in [0.25, 0.3) is 0 Å². The number of hydrogen-bond donors (Lipinski definition) is 1. The zero-order valence-corrected chi connectivity index (χ0v) is 23.0. The zero-order valence-electron chi connectivity index (χ0n) is 21.5. The smallest absolute Gasteiger partial charge is 0.322 e. The molecule has 2 aromatic carbocycles. The molecule has 2 aliphatic rings. The average molecular weight is 553 g/mol. The van der Waals surface area contributed by atoms with Crippen molar-refractivity contribution in [3.63, 3.8) is 0 Å². The SMILES string of the molecule is CN(C(=O)c1ccc2c(c1)C(N(C)C(=O)Nc1cc(Cl)ccc1Cl)CC2)C1CCN(c2ccncc2)CC1. The number of halogens is 2. The number of benzene rings is 2. The van der Waals surface area contributed by atoms with E-state index in [4.69, 9.17) is 23.2 Å². The van der Waals surface area contributed by atoms with Crippen LogP contribution in [0, 0.1) is 0 Å². The molecule has 198 valence electrons. The first kappa shape index (κ1) is 26.3. The van der Waals surface area contributed by atoms with Crippen LogP contribution >= 0.6 is 23.2 Å². The normalized spacial score (nSPS) is 17.2. The Kier molecular flexibility index (Phi) is 7.77. The maximum absolute atomic E-state index is 13.5. The lowest BCUT2D eigenvalue weighted by Gasteiger charge is -2.38. The number of hydrogen-bond acceptors (Lipinski definition) is 4. The second kappa shape index (κ2) is 11.2. The second-order valence-corrected chi connectivity index (χ2v) is 10.8. The molecule has 3 aromatic rings. The third kappa shape index (κ3) is 5.45. The molecule has 0 spiro atoms. The molecule has 38 heavy (non-hydrogen) atoms. The van der Waals surface area contributed by atoms with E-state index in [0.717, 1.165) is 44.3 Å². The minimum atomic E-state index is -0.276. The van der Waals surface area contributed by atoms with Crippen LogP contribution < -0.4 is 10.2 Å². The van der Waals surface area contributed by atoms with Crippen molar-refractivity contribution in [3.8, 4) is 0 Å². The molecular formula is C29H31Cl2N5O2. The monoisotopic (exact) mass is 551 g/mol. The lowest BCUT2D eigenvalue weighted by Crippen LogP contribution is -2.45. The first-order valence-electron chi connectivity index (χ1n) is 12.9. The molecule has 1 N–H and O–H groups in total. The Bertz CT molecular complexity index is 1330. The van der Waals surface area contributed by atoms with Gasteiger partial charge in [-0.05, 0) is 79.3 Å². The van der Waals surface area contributed by atoms with Gasteiger partial charge in [-0.2, -0.15) is 0 Å². The van der Waals surface area contributed by atoms with Gasteiger partial charge in [0.1, 0.15) is 0 Å². The summed E-state index contributed by atoms with van der Waals surface area (Å²) in [4.78, 5) is 36.6. The Morgan fingerprint density at radius 1 is 0.947 bits per heavy atom. The second-order valence-electron chi connectivity index (χ2n) is 9.97. The molecule has 5 rings (SSSR count). The first-order chi connectivity index (χ1) is 18.3. The molecule has 1 saturated heterocycles. The molecule has 1 unspecified atom stereocenters. The summed E-state index contributed by atoms with van der Waals surface area (Å²) in [5.41, 5.74) is 4.48. The van der Waals surface area contributed by atoms with Crippen LogP contribution in [0.5, 0.6) is 0 Å². The minimum Gasteiger partial charge on any atom is -0.371 e. The quantitative estimate of drug-likeness (QED) is 0.405. The number of rotatable bonds is 5. The van der Waals surface area contributed by atoms with E-state index in [9.17, 15) is 9.59 Å². The largest absolute Gasteiger partial charge is 0.371 e. The summed E-state index contributed by atoms with van der Waals surface area (Å²) in [5, 5.41) is 3.78. The molecule has 1 fully saturated rings. The van der Waals surface area contributed by atoms with Gasteiger partial charge in [0.05, 0.1) is 16.8 Å². The Balaban J connectivity index is 1.25. The van der Waals surface area contributed by atoms with Gasteiger partial charge in [0.15, 0.2) is 0 Å². The van der Waals surface area contributed by atoms with Crippen LogP contribution in [0.1, 0.15) is 46.8 Å². The van der Waals surface area contributed by atoms with Gasteiger partial charge in [0.25, 0.3) is 5.91 Å². The van der Waals surface area contributed by atoms with Gasteiger partial charge < -0.3 is 20.0 Å². The fourth-order valence-corrected chi connectivity index (χ4v) is 5.83. The molecule has 3 amide bonds. The average Bonchev–Trinajstić information content (AvgIpc) is 3.37. The van der Waals surface area contributed by atoms with Crippen LogP contribution in [0.3, 0.4) is 0 Å². The molecule has 0 radical (unpaired) electrons. The van der Waals surface area contributed by atoms with Crippen molar-refractivity contribution in [2.24, 2.45) is 0 Å². The third-order valence-electron chi connectivity index (χ3n) is 7.76. The lowest BCUT2D eigenvalue weighted by molar-refractivity contribution is 0.0709. The molecule has 2 heterocycles. The molecule has 9 heteroatoms. The molecule has 7 nitrogen and oxygen atoms in total. The van der Waals surface area contributed by atoms with Crippen LogP contribution in [-0.2, 0) is 6.42 Å². The van der Waals surface area contributed by atoms with E-state index in [1.807, 2.05) is 54.7 Å². The summed E-state index contributed by atoms with van der Waals surface area (Å²) < 4.78 is 0. The maximum Gasteiger partial charge on any atom is 0.322 e. The topological polar surface area (TPSA) is 68.8 Å². The van der Waals surface area contributed by atoms with Gasteiger partial charge >= 0.3 is 6.03 Å². The molecule has 0 saturated carbocycles. The van der Waals surface area contributed by atoms with E-state index in [-0.39, 0.29) is 24.0 Å². The van der Waals surface area contributed by atoms with Crippen molar-refractivity contribution in [1.29, 1.82) is 0 Å². The predicted molar refractivity (Wildman–Crippen MR) is 152 cm³/mol. The van der Waals surface area contributed by atoms with Crippen LogP contribution in [0.4, 0.5) is 16.2 Å². The van der Waals surface area contributed by atoms with Crippen LogP contribution in [0.2, 0.25) is 10.0 Å². The number of amides is 3. The molecule has 1 aromatic heterocycles. The number of nitrogens with zero attached hydrogens (tertiary/aromatic N) is 4. The Morgan fingerprint density at radius 2 is 1.68 bits per heavy atom. The van der Waals surface area contributed by atoms with E-state index < -0.39 is 0 Å². The Morgan fingerprint density at radius 3 is 2.42 bits per heavy atom. The van der Waals surface area contributed by atoms with Crippen molar-refractivity contribution in [3.05, 3.63) is 87.7 Å². The number of fused-ring (bicyclic) bond motifs is 1. The molecule has 1 aliphatic heterocycles. The number of carbonyl (C=O) groups is 2. The number of urea groups is 1. The molecule has 1 atom stereocenters. The molecule has 0 bridgehead atoms. The van der Waals surface area contributed by atoms with E-state index in [1.54, 1.807) is 30.1 Å². The molecular weight excluding hydrogens is 521 g/mol. The number of pyridine rings is 1. The van der Waals surface area contributed by atoms with E-state index in [0.29, 0.717) is 21.3 Å². The summed E-state index contributed by atoms with van der Waals surface area (Å²) in [6.07, 6.45) is 7.09. The van der Waals surface area contributed by atoms with E-state index >= 15 is 0 Å². The van der Waals surface area contributed by atoms with Crippen molar-refractivity contribution >= 4 is 46.5 Å². The summed E-state index contributed by atoms with van der Waals surface area (Å²) in [6, 6.07) is 14.7. The predicted octanol–water partition coefficient (Wildman–Crippen LogP) is 6.28. The lowest BCUT2D eigenvalue weighted by atomic mass is 10.00. The highest BCUT2D eigenvalue weighted by atomic mass is 35.5. The van der Waals surface area contributed by atoms with Crippen molar-refractivity contribution in [2.45, 2.75) is 37.8 Å². The molecule has 1 aliphatic carbocycles. The first-order valence-corrected chi connectivity index (χ1v) is 13.6. The van der Waals surface area contributed by atoms with Gasteiger partial charge in [-0.25, -0.2) is 4.79 Å². The number of carbonyl (C=O) groups excluding carboxylic acids is 2. The maximum atomic E-state index is 13.5. The number of aryl methyl sites for hydroxylation is 1. The summed E-state index contributed by atoms with van der Waals surface area (Å²) >= 11 is 12.3. The number of piperidine rings is 1. The highest BCUT2D eigenvalue weighted by molar-refractivity contribution is 6.35. The third-order valence-corrected chi connectivity index (χ3v) is 8.32. The Labute approximate surface area is 233 Å². The van der Waals surface area contributed by atoms with Gasteiger partial charge in [-0.15, -0.1) is 0 Å². The number of anilines is 2. The van der Waals surface area contributed by atoms with Crippen molar-refractivity contribution in [2.75, 3.05) is 37.4 Å². The van der Waals surface area contributed by atoms with E-state index in [1.165, 1.54) is 11.3 Å². The Hall–Kier alpha value is -3.29. The van der Waals surface area contributed by atoms with Gasteiger partial charge in [-0.1, -0.05) is 29.3 Å². The van der Waals surface area contributed by atoms with Crippen LogP contribution in [0.15, 0.2) is 60.9 Å². The van der Waals surface area contributed by atoms with Gasteiger partial charge in [0, 0.05) is 61.9 Å². The summed E-state index contributed by atoms with van der Waals surface area (Å²) in [5.74, 6) is 0.0126. The fourth-order valence-electron chi connectivity index (χ4n) is 5.49. The highest BCUT2D eigenvalue weighted by Crippen LogP contribution is 2.37. The standard InChI is InChI=1S/C29H31Cl2N5O2/c1-34(22-11-15-36(16-12-22)23-9-13-32-14-10-23)28(37)20-4-3-19-5-8-27(24(19)17-20)35(2)29(38)33-26-18-21(30)6-7-25(26)31/h3-4,6-7,9-10,13-14,17-18,22,27H,5,8,11-12,15-16H2,1-2H3,(H,33,38).